The van der Waals surface area contributed by atoms with Gasteiger partial charge in [-0.25, -0.2) is 4.98 Å². The fourth-order valence-electron chi connectivity index (χ4n) is 4.02. The van der Waals surface area contributed by atoms with E-state index in [2.05, 4.69) is 17.2 Å². The number of carbonyl (C=O) groups is 3. The van der Waals surface area contributed by atoms with E-state index in [1.54, 1.807) is 40.1 Å². The van der Waals surface area contributed by atoms with E-state index >= 15 is 0 Å². The molecular weight excluding hydrogens is 404 g/mol. The van der Waals surface area contributed by atoms with Crippen LogP contribution in [0.15, 0.2) is 42.7 Å². The summed E-state index contributed by atoms with van der Waals surface area (Å²) in [6.45, 7) is 7.28. The van der Waals surface area contributed by atoms with Crippen molar-refractivity contribution in [3.05, 3.63) is 59.4 Å². The first-order valence-electron chi connectivity index (χ1n) is 11.0. The van der Waals surface area contributed by atoms with Crippen LogP contribution in [0.25, 0.3) is 11.0 Å². The number of imidazole rings is 1. The number of hydrogen-bond donors (Lipinski definition) is 1. The van der Waals surface area contributed by atoms with Crippen LogP contribution in [-0.4, -0.2) is 45.3 Å². The summed E-state index contributed by atoms with van der Waals surface area (Å²) >= 11 is 0. The second kappa shape index (κ2) is 8.94. The maximum Gasteiger partial charge on any atom is 0.263 e. The lowest BCUT2D eigenvalue weighted by atomic mass is 10.1. The van der Waals surface area contributed by atoms with Crippen molar-refractivity contribution in [1.29, 1.82) is 0 Å². The third-order valence-electron chi connectivity index (χ3n) is 6.15. The Bertz CT molecular complexity index is 1180. The summed E-state index contributed by atoms with van der Waals surface area (Å²) in [5.74, 6) is -0.647. The number of aryl methyl sites for hydroxylation is 2. The molecule has 1 fully saturated rings. The van der Waals surface area contributed by atoms with Crippen LogP contribution in [0.3, 0.4) is 0 Å². The van der Waals surface area contributed by atoms with Crippen LogP contribution in [-0.2, 0) is 9.59 Å². The number of benzene rings is 2. The van der Waals surface area contributed by atoms with Crippen molar-refractivity contribution < 1.29 is 14.4 Å². The molecule has 2 aromatic carbocycles. The van der Waals surface area contributed by atoms with Crippen molar-refractivity contribution >= 4 is 34.4 Å². The van der Waals surface area contributed by atoms with E-state index in [1.807, 2.05) is 26.0 Å². The van der Waals surface area contributed by atoms with Gasteiger partial charge in [0.2, 0.25) is 11.8 Å². The molecule has 1 aromatic heterocycles. The number of rotatable bonds is 6. The molecule has 7 heteroatoms. The standard InChI is InChI=1S/C25H28N4O3/c1-4-5-10-28-14-19(13-23(28)30)24(31)27-20-8-6-18(7-9-20)25(32)29-15-26-21-11-16(2)17(3)12-22(21)29/h6-9,11-12,15,19H,4-5,10,13-14H2,1-3H3,(H,27,31). The first-order valence-corrected chi connectivity index (χ1v) is 11.0. The smallest absolute Gasteiger partial charge is 0.263 e. The number of anilines is 1. The molecule has 3 aromatic rings. The Morgan fingerprint density at radius 2 is 1.84 bits per heavy atom. The number of nitrogens with one attached hydrogen (secondary N) is 1. The zero-order valence-corrected chi connectivity index (χ0v) is 18.7. The van der Waals surface area contributed by atoms with Gasteiger partial charge in [-0.15, -0.1) is 0 Å². The van der Waals surface area contributed by atoms with Gasteiger partial charge in [0.15, 0.2) is 0 Å². The number of fused-ring (bicyclic) bond motifs is 1. The summed E-state index contributed by atoms with van der Waals surface area (Å²) in [5, 5.41) is 2.88. The second-order valence-corrected chi connectivity index (χ2v) is 8.51. The van der Waals surface area contributed by atoms with Crippen LogP contribution in [0, 0.1) is 19.8 Å². The van der Waals surface area contributed by atoms with Gasteiger partial charge in [0.05, 0.1) is 17.0 Å². The summed E-state index contributed by atoms with van der Waals surface area (Å²) in [6.07, 6.45) is 3.75. The van der Waals surface area contributed by atoms with Crippen molar-refractivity contribution in [3.8, 4) is 0 Å². The number of aromatic nitrogens is 2. The monoisotopic (exact) mass is 432 g/mol. The molecule has 0 saturated carbocycles. The van der Waals surface area contributed by atoms with Crippen molar-refractivity contribution in [2.45, 2.75) is 40.0 Å². The number of nitrogens with zero attached hydrogens (tertiary/aromatic N) is 3. The van der Waals surface area contributed by atoms with Crippen molar-refractivity contribution in [3.63, 3.8) is 0 Å². The van der Waals surface area contributed by atoms with Crippen LogP contribution in [0.5, 0.6) is 0 Å². The van der Waals surface area contributed by atoms with Gasteiger partial charge in [0, 0.05) is 30.8 Å². The van der Waals surface area contributed by atoms with Crippen molar-refractivity contribution in [2.75, 3.05) is 18.4 Å². The van der Waals surface area contributed by atoms with Crippen LogP contribution in [0.4, 0.5) is 5.69 Å². The minimum absolute atomic E-state index is 0.0394. The Labute approximate surface area is 187 Å². The highest BCUT2D eigenvalue weighted by atomic mass is 16.2. The molecule has 0 aliphatic carbocycles. The van der Waals surface area contributed by atoms with Gasteiger partial charge in [-0.3, -0.25) is 19.0 Å². The number of hydrogen-bond acceptors (Lipinski definition) is 4. The molecule has 32 heavy (non-hydrogen) atoms. The summed E-state index contributed by atoms with van der Waals surface area (Å²) in [4.78, 5) is 43.9. The number of carbonyl (C=O) groups excluding carboxylic acids is 3. The summed E-state index contributed by atoms with van der Waals surface area (Å²) < 4.78 is 1.55. The van der Waals surface area contributed by atoms with E-state index in [4.69, 9.17) is 0 Å². The SMILES string of the molecule is CCCCN1CC(C(=O)Nc2ccc(C(=O)n3cnc4cc(C)c(C)cc43)cc2)CC1=O. The van der Waals surface area contributed by atoms with Gasteiger partial charge < -0.3 is 10.2 Å². The molecule has 1 aliphatic rings. The molecule has 2 amide bonds. The quantitative estimate of drug-likeness (QED) is 0.640. The van der Waals surface area contributed by atoms with E-state index in [0.29, 0.717) is 24.3 Å². The first-order chi connectivity index (χ1) is 15.4. The summed E-state index contributed by atoms with van der Waals surface area (Å²) in [6, 6.07) is 10.8. The van der Waals surface area contributed by atoms with E-state index in [9.17, 15) is 14.4 Å². The molecule has 0 spiro atoms. The highest BCUT2D eigenvalue weighted by Crippen LogP contribution is 2.22. The number of likely N-dealkylation sites (tertiary alicyclic amines) is 1. The zero-order valence-electron chi connectivity index (χ0n) is 18.7. The van der Waals surface area contributed by atoms with Crippen LogP contribution < -0.4 is 5.32 Å². The lowest BCUT2D eigenvalue weighted by Gasteiger charge is -2.16. The maximum absolute atomic E-state index is 13.0. The van der Waals surface area contributed by atoms with Gasteiger partial charge in [-0.1, -0.05) is 13.3 Å². The molecule has 166 valence electrons. The molecule has 0 bridgehead atoms. The molecule has 7 nitrogen and oxygen atoms in total. The van der Waals surface area contributed by atoms with Gasteiger partial charge >= 0.3 is 0 Å². The average molecular weight is 433 g/mol. The summed E-state index contributed by atoms with van der Waals surface area (Å²) in [5.41, 5.74) is 4.89. The fourth-order valence-corrected chi connectivity index (χ4v) is 4.02. The molecule has 2 heterocycles. The molecule has 1 aliphatic heterocycles. The lowest BCUT2D eigenvalue weighted by molar-refractivity contribution is -0.128. The van der Waals surface area contributed by atoms with Crippen molar-refractivity contribution in [1.82, 2.24) is 14.5 Å². The molecule has 0 radical (unpaired) electrons. The first kappa shape index (κ1) is 21.7. The fraction of sp³-hybridized carbons (Fsp3) is 0.360. The van der Waals surface area contributed by atoms with Gasteiger partial charge in [-0.2, -0.15) is 0 Å². The second-order valence-electron chi connectivity index (χ2n) is 8.51. The Morgan fingerprint density at radius 3 is 2.56 bits per heavy atom. The van der Waals surface area contributed by atoms with Gasteiger partial charge in [-0.05, 0) is 67.8 Å². The van der Waals surface area contributed by atoms with E-state index in [0.717, 1.165) is 35.0 Å². The highest BCUT2D eigenvalue weighted by Gasteiger charge is 2.33. The molecule has 1 saturated heterocycles. The third kappa shape index (κ3) is 4.28. The van der Waals surface area contributed by atoms with E-state index < -0.39 is 0 Å². The van der Waals surface area contributed by atoms with E-state index in [1.165, 1.54) is 0 Å². The Kier molecular flexibility index (Phi) is 6.08. The normalized spacial score (nSPS) is 16.0. The maximum atomic E-state index is 13.0. The largest absolute Gasteiger partial charge is 0.342 e. The van der Waals surface area contributed by atoms with Gasteiger partial charge in [0.1, 0.15) is 6.33 Å². The molecule has 1 unspecified atom stereocenters. The molecule has 4 rings (SSSR count). The van der Waals surface area contributed by atoms with Crippen LogP contribution >= 0.6 is 0 Å². The van der Waals surface area contributed by atoms with Crippen LogP contribution in [0.1, 0.15) is 47.7 Å². The minimum atomic E-state index is -0.343. The Hall–Kier alpha value is -3.48. The predicted octanol–water partition coefficient (Wildman–Crippen LogP) is 3.93. The van der Waals surface area contributed by atoms with Crippen LogP contribution in [0.2, 0.25) is 0 Å². The summed E-state index contributed by atoms with van der Waals surface area (Å²) in [7, 11) is 0. The Balaban J connectivity index is 1.43. The predicted molar refractivity (Wildman–Crippen MR) is 124 cm³/mol. The molecule has 1 N–H and O–H groups in total. The zero-order chi connectivity index (χ0) is 22.8. The van der Waals surface area contributed by atoms with E-state index in [-0.39, 0.29) is 30.1 Å². The number of unbranched alkanes of at least 4 members (excludes halogenated alkanes) is 1. The topological polar surface area (TPSA) is 84.3 Å². The molecular formula is C25H28N4O3. The minimum Gasteiger partial charge on any atom is -0.342 e. The molecule has 1 atom stereocenters. The highest BCUT2D eigenvalue weighted by molar-refractivity contribution is 6.02. The van der Waals surface area contributed by atoms with Crippen molar-refractivity contribution in [2.24, 2.45) is 5.92 Å². The Morgan fingerprint density at radius 1 is 1.12 bits per heavy atom. The number of amides is 2. The average Bonchev–Trinajstić information content (AvgIpc) is 3.35. The lowest BCUT2D eigenvalue weighted by Crippen LogP contribution is -2.29. The third-order valence-corrected chi connectivity index (χ3v) is 6.15. The van der Waals surface area contributed by atoms with Gasteiger partial charge in [0.25, 0.3) is 5.91 Å².